The third-order valence-electron chi connectivity index (χ3n) is 5.58. The van der Waals surface area contributed by atoms with E-state index in [1.165, 1.54) is 23.6 Å². The predicted molar refractivity (Wildman–Crippen MR) is 122 cm³/mol. The molecule has 2 heterocycles. The number of hydrogen-bond donors (Lipinski definition) is 1. The lowest BCUT2D eigenvalue weighted by Gasteiger charge is -2.29. The zero-order valence-electron chi connectivity index (χ0n) is 17.9. The number of ketones is 1. The first-order valence-corrected chi connectivity index (χ1v) is 11.4. The van der Waals surface area contributed by atoms with Gasteiger partial charge in [-0.15, -0.1) is 0 Å². The molecule has 2 unspecified atom stereocenters. The Morgan fingerprint density at radius 2 is 1.88 bits per heavy atom. The normalized spacial score (nSPS) is 19.8. The quantitative estimate of drug-likeness (QED) is 0.501. The highest BCUT2D eigenvalue weighted by atomic mass is 32.2. The summed E-state index contributed by atoms with van der Waals surface area (Å²) in [6.07, 6.45) is 0.746. The molecule has 2 aromatic carbocycles. The molecule has 0 radical (unpaired) electrons. The van der Waals surface area contributed by atoms with Crippen LogP contribution in [0.15, 0.2) is 53.4 Å². The monoisotopic (exact) mass is 452 g/mol. The fourth-order valence-electron chi connectivity index (χ4n) is 3.98. The average Bonchev–Trinajstić information content (AvgIpc) is 3.29. The van der Waals surface area contributed by atoms with Gasteiger partial charge < -0.3 is 10.1 Å². The highest BCUT2D eigenvalue weighted by Gasteiger charge is 2.58. The fourth-order valence-corrected chi connectivity index (χ4v) is 5.38. The van der Waals surface area contributed by atoms with Gasteiger partial charge in [0.2, 0.25) is 17.6 Å². The van der Waals surface area contributed by atoms with Crippen molar-refractivity contribution in [2.24, 2.45) is 0 Å². The zero-order chi connectivity index (χ0) is 22.9. The minimum Gasteiger partial charge on any atom is -0.452 e. The number of nitrogens with one attached hydrogen (secondary N) is 1. The van der Waals surface area contributed by atoms with Crippen LogP contribution in [0, 0.1) is 0 Å². The van der Waals surface area contributed by atoms with E-state index in [9.17, 15) is 19.2 Å². The summed E-state index contributed by atoms with van der Waals surface area (Å²) in [5.41, 5.74) is 1.68. The number of carbonyl (C=O) groups excluding carboxylic acids is 4. The van der Waals surface area contributed by atoms with E-state index in [-0.39, 0.29) is 24.0 Å². The molecule has 1 fully saturated rings. The van der Waals surface area contributed by atoms with Gasteiger partial charge in [-0.3, -0.25) is 19.3 Å². The number of hydrogen-bond acceptors (Lipinski definition) is 6. The van der Waals surface area contributed by atoms with Gasteiger partial charge in [0.05, 0.1) is 5.69 Å². The van der Waals surface area contributed by atoms with Gasteiger partial charge in [0.15, 0.2) is 11.0 Å². The molecular formula is C24H24N2O5S. The second kappa shape index (κ2) is 8.78. The summed E-state index contributed by atoms with van der Waals surface area (Å²) in [5.74, 6) is -1.15. The van der Waals surface area contributed by atoms with Crippen molar-refractivity contribution in [1.82, 2.24) is 0 Å². The van der Waals surface area contributed by atoms with Crippen LogP contribution in [0.2, 0.25) is 0 Å². The minimum absolute atomic E-state index is 0.0844. The van der Waals surface area contributed by atoms with Crippen molar-refractivity contribution >= 4 is 46.7 Å². The van der Waals surface area contributed by atoms with Crippen LogP contribution in [0.1, 0.15) is 49.9 Å². The smallest absolute Gasteiger partial charge is 0.344 e. The topological polar surface area (TPSA) is 92.8 Å². The first-order valence-electron chi connectivity index (χ1n) is 10.6. The number of amides is 2. The Morgan fingerprint density at radius 1 is 1.16 bits per heavy atom. The molecular weight excluding hydrogens is 428 g/mol. The number of carbonyl (C=O) groups is 4. The van der Waals surface area contributed by atoms with Gasteiger partial charge in [0.25, 0.3) is 0 Å². The Morgan fingerprint density at radius 3 is 2.59 bits per heavy atom. The molecule has 2 aliphatic heterocycles. The highest BCUT2D eigenvalue weighted by molar-refractivity contribution is 8.02. The zero-order valence-corrected chi connectivity index (χ0v) is 18.7. The third kappa shape index (κ3) is 3.90. The summed E-state index contributed by atoms with van der Waals surface area (Å²) in [6.45, 7) is 3.45. The van der Waals surface area contributed by atoms with Gasteiger partial charge in [-0.1, -0.05) is 30.8 Å². The van der Waals surface area contributed by atoms with E-state index in [1.54, 1.807) is 24.3 Å². The molecule has 2 aromatic rings. The molecule has 7 nitrogen and oxygen atoms in total. The van der Waals surface area contributed by atoms with Crippen LogP contribution in [0.25, 0.3) is 0 Å². The molecule has 0 saturated carbocycles. The molecule has 2 atom stereocenters. The molecule has 0 bridgehead atoms. The van der Waals surface area contributed by atoms with E-state index in [1.807, 2.05) is 31.2 Å². The summed E-state index contributed by atoms with van der Waals surface area (Å²) < 4.78 is 5.59. The maximum atomic E-state index is 13.2. The summed E-state index contributed by atoms with van der Waals surface area (Å²) in [4.78, 5) is 51.5. The Labute approximate surface area is 190 Å². The number of anilines is 2. The molecule has 0 aromatic heterocycles. The second-order valence-corrected chi connectivity index (χ2v) is 9.19. The van der Waals surface area contributed by atoms with E-state index in [0.717, 1.165) is 11.3 Å². The number of benzene rings is 2. The van der Waals surface area contributed by atoms with Crippen molar-refractivity contribution in [3.8, 4) is 0 Å². The number of Topliss-reactive ketones (excluding diaryl/α,β-unsaturated/α-hetero) is 1. The molecule has 4 rings (SSSR count). The number of rotatable bonds is 7. The van der Waals surface area contributed by atoms with Crippen LogP contribution in [-0.4, -0.2) is 34.5 Å². The molecule has 1 saturated heterocycles. The van der Waals surface area contributed by atoms with Crippen LogP contribution in [0.4, 0.5) is 11.4 Å². The lowest BCUT2D eigenvalue weighted by molar-refractivity contribution is -0.149. The number of para-hydroxylation sites is 1. The van der Waals surface area contributed by atoms with E-state index in [4.69, 9.17) is 4.74 Å². The van der Waals surface area contributed by atoms with Crippen LogP contribution < -0.4 is 10.2 Å². The lowest BCUT2D eigenvalue weighted by atomic mass is 10.1. The van der Waals surface area contributed by atoms with Crippen molar-refractivity contribution in [3.63, 3.8) is 0 Å². The van der Waals surface area contributed by atoms with Crippen LogP contribution in [0.5, 0.6) is 0 Å². The summed E-state index contributed by atoms with van der Waals surface area (Å²) in [7, 11) is 0. The summed E-state index contributed by atoms with van der Waals surface area (Å²) in [5, 5.41) is 2.77. The molecule has 166 valence electrons. The van der Waals surface area contributed by atoms with Crippen molar-refractivity contribution in [2.75, 3.05) is 10.2 Å². The van der Waals surface area contributed by atoms with Gasteiger partial charge >= 0.3 is 5.97 Å². The maximum absolute atomic E-state index is 13.2. The minimum atomic E-state index is -1.16. The van der Waals surface area contributed by atoms with Crippen molar-refractivity contribution in [2.45, 2.75) is 55.4 Å². The highest BCUT2D eigenvalue weighted by Crippen LogP contribution is 2.56. The van der Waals surface area contributed by atoms with Gasteiger partial charge in [-0.05, 0) is 49.7 Å². The Kier molecular flexibility index (Phi) is 6.06. The van der Waals surface area contributed by atoms with E-state index >= 15 is 0 Å². The predicted octanol–water partition coefficient (Wildman–Crippen LogP) is 4.17. The Hall–Kier alpha value is -3.13. The van der Waals surface area contributed by atoms with Crippen molar-refractivity contribution < 1.29 is 23.9 Å². The molecule has 2 amide bonds. The van der Waals surface area contributed by atoms with Crippen molar-refractivity contribution in [3.05, 3.63) is 54.1 Å². The van der Waals surface area contributed by atoms with Gasteiger partial charge in [0, 0.05) is 35.4 Å². The van der Waals surface area contributed by atoms with E-state index in [0.29, 0.717) is 29.8 Å². The first kappa shape index (κ1) is 22.1. The number of esters is 1. The standard InChI is InChI=1S/C24H24N2O5S/c1-3-6-20(27)25-17-11-9-16(10-12-17)22(29)15(2)31-23(30)24-14-13-21(28)26(24)18-7-4-5-8-19(18)32-24/h4-5,7-12,15H,3,6,13-14H2,1-2H3,(H,25,27). The maximum Gasteiger partial charge on any atom is 0.344 e. The SMILES string of the molecule is CCCC(=O)Nc1ccc(C(=O)C(C)OC(=O)C23CCC(=O)N2c2ccccc2S3)cc1. The number of thioether (sulfide) groups is 1. The molecule has 8 heteroatoms. The number of nitrogens with zero attached hydrogens (tertiary/aromatic N) is 1. The van der Waals surface area contributed by atoms with Crippen LogP contribution in [0.3, 0.4) is 0 Å². The van der Waals surface area contributed by atoms with Gasteiger partial charge in [0.1, 0.15) is 0 Å². The second-order valence-electron chi connectivity index (χ2n) is 7.87. The molecule has 2 aliphatic rings. The largest absolute Gasteiger partial charge is 0.452 e. The third-order valence-corrected chi connectivity index (χ3v) is 7.03. The lowest BCUT2D eigenvalue weighted by Crippen LogP contribution is -2.49. The van der Waals surface area contributed by atoms with Crippen LogP contribution >= 0.6 is 11.8 Å². The van der Waals surface area contributed by atoms with Crippen molar-refractivity contribution in [1.29, 1.82) is 0 Å². The van der Waals surface area contributed by atoms with E-state index < -0.39 is 16.9 Å². The van der Waals surface area contributed by atoms with E-state index in [2.05, 4.69) is 5.32 Å². The molecule has 32 heavy (non-hydrogen) atoms. The fraction of sp³-hybridized carbons (Fsp3) is 0.333. The summed E-state index contributed by atoms with van der Waals surface area (Å²) in [6, 6.07) is 13.9. The van der Waals surface area contributed by atoms with Crippen LogP contribution in [-0.2, 0) is 19.1 Å². The van der Waals surface area contributed by atoms with Gasteiger partial charge in [-0.25, -0.2) is 4.79 Å². The van der Waals surface area contributed by atoms with Gasteiger partial charge in [-0.2, -0.15) is 0 Å². The Bertz CT molecular complexity index is 1080. The molecule has 0 aliphatic carbocycles. The molecule has 0 spiro atoms. The average molecular weight is 453 g/mol. The Balaban J connectivity index is 1.45. The summed E-state index contributed by atoms with van der Waals surface area (Å²) >= 11 is 1.31. The number of ether oxygens (including phenoxy) is 1. The first-order chi connectivity index (χ1) is 15.4. The number of fused-ring (bicyclic) bond motifs is 3. The molecule has 1 N–H and O–H groups in total.